The number of halogens is 1. The molecule has 156 valence electrons. The molecule has 30 heavy (non-hydrogen) atoms. The van der Waals surface area contributed by atoms with Crippen LogP contribution in [0, 0.1) is 0 Å². The van der Waals surface area contributed by atoms with E-state index < -0.39 is 12.1 Å². The second-order valence-electron chi connectivity index (χ2n) is 7.00. The van der Waals surface area contributed by atoms with E-state index in [0.29, 0.717) is 22.5 Å². The van der Waals surface area contributed by atoms with Crippen LogP contribution in [0.15, 0.2) is 56.8 Å². The SMILES string of the molecule is COC(=O)[C@H](C)Oc1ccc(C=Nn2c(C(C)C)nc3ccc(Br)cc3c2=O)cc1. The van der Waals surface area contributed by atoms with Gasteiger partial charge in [0.2, 0.25) is 0 Å². The Morgan fingerprint density at radius 3 is 2.50 bits per heavy atom. The van der Waals surface area contributed by atoms with Gasteiger partial charge in [-0.2, -0.15) is 9.78 Å². The zero-order chi connectivity index (χ0) is 21.8. The second kappa shape index (κ2) is 9.21. The lowest BCUT2D eigenvalue weighted by atomic mass is 10.2. The fraction of sp³-hybridized carbons (Fsp3) is 0.273. The highest BCUT2D eigenvalue weighted by Crippen LogP contribution is 2.19. The van der Waals surface area contributed by atoms with Crippen molar-refractivity contribution < 1.29 is 14.3 Å². The zero-order valence-electron chi connectivity index (χ0n) is 17.1. The third-order valence-corrected chi connectivity index (χ3v) is 4.89. The van der Waals surface area contributed by atoms with Crippen LogP contribution in [0.25, 0.3) is 10.9 Å². The van der Waals surface area contributed by atoms with E-state index in [1.165, 1.54) is 11.8 Å². The fourth-order valence-electron chi connectivity index (χ4n) is 2.83. The van der Waals surface area contributed by atoms with Gasteiger partial charge in [-0.3, -0.25) is 4.79 Å². The average Bonchev–Trinajstić information content (AvgIpc) is 2.73. The number of ether oxygens (including phenoxy) is 2. The predicted molar refractivity (Wildman–Crippen MR) is 119 cm³/mol. The number of rotatable bonds is 6. The van der Waals surface area contributed by atoms with Crippen LogP contribution in [-0.4, -0.2) is 35.1 Å². The van der Waals surface area contributed by atoms with Crippen molar-refractivity contribution in [2.24, 2.45) is 5.10 Å². The Morgan fingerprint density at radius 1 is 1.17 bits per heavy atom. The van der Waals surface area contributed by atoms with E-state index in [0.717, 1.165) is 10.0 Å². The Hall–Kier alpha value is -3.00. The molecule has 0 radical (unpaired) electrons. The molecule has 0 amide bonds. The molecular formula is C22H22BrN3O4. The van der Waals surface area contributed by atoms with Gasteiger partial charge in [0.1, 0.15) is 11.6 Å². The number of methoxy groups -OCH3 is 1. The molecule has 3 aromatic rings. The number of aromatic nitrogens is 2. The quantitative estimate of drug-likeness (QED) is 0.399. The number of fused-ring (bicyclic) bond motifs is 1. The van der Waals surface area contributed by atoms with Crippen molar-refractivity contribution >= 4 is 39.0 Å². The lowest BCUT2D eigenvalue weighted by molar-refractivity contribution is -0.147. The first-order valence-electron chi connectivity index (χ1n) is 9.41. The molecule has 1 heterocycles. The molecule has 0 saturated heterocycles. The Morgan fingerprint density at radius 2 is 1.87 bits per heavy atom. The molecule has 2 aromatic carbocycles. The van der Waals surface area contributed by atoms with Gasteiger partial charge in [0, 0.05) is 10.4 Å². The highest BCUT2D eigenvalue weighted by atomic mass is 79.9. The van der Waals surface area contributed by atoms with Gasteiger partial charge >= 0.3 is 5.97 Å². The Labute approximate surface area is 182 Å². The molecule has 0 unspecified atom stereocenters. The second-order valence-corrected chi connectivity index (χ2v) is 7.92. The number of nitrogens with zero attached hydrogens (tertiary/aromatic N) is 3. The van der Waals surface area contributed by atoms with Crippen LogP contribution in [0.2, 0.25) is 0 Å². The van der Waals surface area contributed by atoms with Gasteiger partial charge in [-0.25, -0.2) is 9.78 Å². The highest BCUT2D eigenvalue weighted by Gasteiger charge is 2.15. The van der Waals surface area contributed by atoms with E-state index in [1.54, 1.807) is 43.5 Å². The first kappa shape index (κ1) is 21.7. The predicted octanol–water partition coefficient (Wildman–Crippen LogP) is 4.10. The number of carbonyl (C=O) groups is 1. The van der Waals surface area contributed by atoms with Gasteiger partial charge in [0.05, 0.1) is 24.2 Å². The number of hydrogen-bond acceptors (Lipinski definition) is 6. The van der Waals surface area contributed by atoms with Gasteiger partial charge in [0.25, 0.3) is 5.56 Å². The Bertz CT molecular complexity index is 1150. The van der Waals surface area contributed by atoms with Crippen LogP contribution < -0.4 is 10.3 Å². The smallest absolute Gasteiger partial charge is 0.346 e. The molecule has 0 aliphatic carbocycles. The minimum atomic E-state index is -0.704. The maximum absolute atomic E-state index is 13.0. The maximum atomic E-state index is 13.0. The minimum Gasteiger partial charge on any atom is -0.479 e. The standard InChI is InChI=1S/C22H22BrN3O4/c1-13(2)20-25-19-10-7-16(23)11-18(19)21(27)26(20)24-12-15-5-8-17(9-6-15)30-14(3)22(28)29-4/h5-14H,1-4H3/t14-/m0/s1. The van der Waals surface area contributed by atoms with Crippen LogP contribution in [0.5, 0.6) is 5.75 Å². The van der Waals surface area contributed by atoms with Gasteiger partial charge < -0.3 is 9.47 Å². The van der Waals surface area contributed by atoms with Gasteiger partial charge in [-0.15, -0.1) is 0 Å². The average molecular weight is 472 g/mol. The molecule has 1 aromatic heterocycles. The van der Waals surface area contributed by atoms with Crippen LogP contribution in [-0.2, 0) is 9.53 Å². The largest absolute Gasteiger partial charge is 0.479 e. The van der Waals surface area contributed by atoms with Gasteiger partial charge in [0.15, 0.2) is 6.10 Å². The number of carbonyl (C=O) groups excluding carboxylic acids is 1. The fourth-order valence-corrected chi connectivity index (χ4v) is 3.19. The zero-order valence-corrected chi connectivity index (χ0v) is 18.7. The van der Waals surface area contributed by atoms with Crippen molar-refractivity contribution in [3.8, 4) is 5.75 Å². The molecule has 3 rings (SSSR count). The summed E-state index contributed by atoms with van der Waals surface area (Å²) in [7, 11) is 1.31. The van der Waals surface area contributed by atoms with Gasteiger partial charge in [-0.1, -0.05) is 29.8 Å². The van der Waals surface area contributed by atoms with E-state index in [2.05, 4.69) is 30.8 Å². The molecule has 0 bridgehead atoms. The molecular weight excluding hydrogens is 450 g/mol. The van der Waals surface area contributed by atoms with Crippen LogP contribution in [0.3, 0.4) is 0 Å². The van der Waals surface area contributed by atoms with Crippen molar-refractivity contribution in [2.45, 2.75) is 32.8 Å². The summed E-state index contributed by atoms with van der Waals surface area (Å²) < 4.78 is 12.3. The monoisotopic (exact) mass is 471 g/mol. The highest BCUT2D eigenvalue weighted by molar-refractivity contribution is 9.10. The summed E-state index contributed by atoms with van der Waals surface area (Å²) in [6, 6.07) is 12.4. The number of benzene rings is 2. The van der Waals surface area contributed by atoms with Crippen molar-refractivity contribution in [2.75, 3.05) is 7.11 Å². The van der Waals surface area contributed by atoms with E-state index in [4.69, 9.17) is 4.74 Å². The molecule has 0 aliphatic rings. The van der Waals surface area contributed by atoms with E-state index >= 15 is 0 Å². The molecule has 0 N–H and O–H groups in total. The van der Waals surface area contributed by atoms with E-state index in [-0.39, 0.29) is 11.5 Å². The summed E-state index contributed by atoms with van der Waals surface area (Å²) >= 11 is 3.40. The Balaban J connectivity index is 1.92. The summed E-state index contributed by atoms with van der Waals surface area (Å²) in [6.07, 6.45) is 0.886. The molecule has 7 nitrogen and oxygen atoms in total. The van der Waals surface area contributed by atoms with Crippen molar-refractivity contribution in [3.63, 3.8) is 0 Å². The molecule has 8 heteroatoms. The summed E-state index contributed by atoms with van der Waals surface area (Å²) in [5.41, 5.74) is 1.18. The molecule has 0 aliphatic heterocycles. The van der Waals surface area contributed by atoms with Crippen molar-refractivity contribution in [1.29, 1.82) is 0 Å². The normalized spacial score (nSPS) is 12.5. The summed E-state index contributed by atoms with van der Waals surface area (Å²) in [5, 5.41) is 4.89. The minimum absolute atomic E-state index is 0.0125. The summed E-state index contributed by atoms with van der Waals surface area (Å²) in [6.45, 7) is 5.55. The molecule has 0 spiro atoms. The lowest BCUT2D eigenvalue weighted by Crippen LogP contribution is -2.24. The van der Waals surface area contributed by atoms with Crippen molar-refractivity contribution in [1.82, 2.24) is 9.66 Å². The molecule has 0 saturated carbocycles. The van der Waals surface area contributed by atoms with Crippen LogP contribution >= 0.6 is 15.9 Å². The molecule has 0 fully saturated rings. The Kier molecular flexibility index (Phi) is 6.66. The first-order chi connectivity index (χ1) is 14.3. The lowest BCUT2D eigenvalue weighted by Gasteiger charge is -2.12. The third-order valence-electron chi connectivity index (χ3n) is 4.40. The van der Waals surface area contributed by atoms with Gasteiger partial charge in [-0.05, 0) is 55.0 Å². The first-order valence-corrected chi connectivity index (χ1v) is 10.2. The molecule has 1 atom stereocenters. The summed E-state index contributed by atoms with van der Waals surface area (Å²) in [5.74, 6) is 0.676. The summed E-state index contributed by atoms with van der Waals surface area (Å²) in [4.78, 5) is 29.1. The van der Waals surface area contributed by atoms with Crippen molar-refractivity contribution in [3.05, 3.63) is 68.7 Å². The maximum Gasteiger partial charge on any atom is 0.346 e. The van der Waals surface area contributed by atoms with E-state index in [1.807, 2.05) is 26.0 Å². The van der Waals surface area contributed by atoms with Crippen LogP contribution in [0.4, 0.5) is 0 Å². The third kappa shape index (κ3) is 4.76. The number of esters is 1. The number of hydrogen-bond donors (Lipinski definition) is 0. The topological polar surface area (TPSA) is 82.8 Å². The van der Waals surface area contributed by atoms with Crippen LogP contribution in [0.1, 0.15) is 38.1 Å². The van der Waals surface area contributed by atoms with E-state index in [9.17, 15) is 9.59 Å².